The van der Waals surface area contributed by atoms with Crippen molar-refractivity contribution >= 4 is 27.5 Å². The Morgan fingerprint density at radius 3 is 2.71 bits per heavy atom. The molecule has 1 aliphatic carbocycles. The Labute approximate surface area is 117 Å². The van der Waals surface area contributed by atoms with Gasteiger partial charge >= 0.3 is 0 Å². The molecule has 0 aromatic heterocycles. The van der Waals surface area contributed by atoms with Gasteiger partial charge in [0.05, 0.1) is 0 Å². The van der Waals surface area contributed by atoms with E-state index in [1.165, 1.54) is 31.2 Å². The fourth-order valence-electron chi connectivity index (χ4n) is 2.64. The van der Waals surface area contributed by atoms with Gasteiger partial charge in [-0.2, -0.15) is 0 Å². The summed E-state index contributed by atoms with van der Waals surface area (Å²) in [6.07, 6.45) is 5.49. The van der Waals surface area contributed by atoms with Crippen molar-refractivity contribution in [1.82, 2.24) is 4.90 Å². The SMILES string of the molecule is Clc1cccc(CN(CCBr)C2CCCC2)c1. The van der Waals surface area contributed by atoms with Crippen LogP contribution in [0.25, 0.3) is 0 Å². The summed E-state index contributed by atoms with van der Waals surface area (Å²) in [5.74, 6) is 0. The lowest BCUT2D eigenvalue weighted by Gasteiger charge is -2.28. The van der Waals surface area contributed by atoms with Gasteiger partial charge in [0.2, 0.25) is 0 Å². The lowest BCUT2D eigenvalue weighted by atomic mass is 10.1. The Morgan fingerprint density at radius 1 is 1.29 bits per heavy atom. The van der Waals surface area contributed by atoms with Crippen LogP contribution in [0.3, 0.4) is 0 Å². The van der Waals surface area contributed by atoms with Crippen LogP contribution in [0.15, 0.2) is 24.3 Å². The summed E-state index contributed by atoms with van der Waals surface area (Å²) in [4.78, 5) is 2.59. The van der Waals surface area contributed by atoms with Crippen LogP contribution in [-0.2, 0) is 6.54 Å². The Hall–Kier alpha value is -0.0500. The molecule has 0 aliphatic heterocycles. The van der Waals surface area contributed by atoms with Crippen LogP contribution in [0.2, 0.25) is 5.02 Å². The smallest absolute Gasteiger partial charge is 0.0409 e. The summed E-state index contributed by atoms with van der Waals surface area (Å²) in [5, 5.41) is 1.89. The predicted octanol–water partition coefficient (Wildman–Crippen LogP) is 4.48. The molecule has 0 radical (unpaired) electrons. The topological polar surface area (TPSA) is 3.24 Å². The van der Waals surface area contributed by atoms with Gasteiger partial charge in [-0.1, -0.05) is 52.5 Å². The average molecular weight is 317 g/mol. The van der Waals surface area contributed by atoms with Crippen molar-refractivity contribution in [3.8, 4) is 0 Å². The summed E-state index contributed by atoms with van der Waals surface area (Å²) in [7, 11) is 0. The highest BCUT2D eigenvalue weighted by Crippen LogP contribution is 2.25. The molecule has 2 rings (SSSR count). The van der Waals surface area contributed by atoms with Crippen LogP contribution in [0, 0.1) is 0 Å². The van der Waals surface area contributed by atoms with Crippen molar-refractivity contribution in [3.63, 3.8) is 0 Å². The van der Waals surface area contributed by atoms with E-state index in [4.69, 9.17) is 11.6 Å². The van der Waals surface area contributed by atoms with Crippen LogP contribution >= 0.6 is 27.5 Å². The molecule has 0 N–H and O–H groups in total. The molecule has 1 aromatic carbocycles. The fourth-order valence-corrected chi connectivity index (χ4v) is 3.31. The summed E-state index contributed by atoms with van der Waals surface area (Å²) >= 11 is 9.59. The summed E-state index contributed by atoms with van der Waals surface area (Å²) in [5.41, 5.74) is 1.32. The zero-order chi connectivity index (χ0) is 12.1. The lowest BCUT2D eigenvalue weighted by Crippen LogP contribution is -2.34. The molecule has 0 spiro atoms. The summed E-state index contributed by atoms with van der Waals surface area (Å²) in [6, 6.07) is 9.00. The van der Waals surface area contributed by atoms with Crippen molar-refractivity contribution in [2.75, 3.05) is 11.9 Å². The highest BCUT2D eigenvalue weighted by molar-refractivity contribution is 9.09. The third kappa shape index (κ3) is 3.97. The largest absolute Gasteiger partial charge is 0.295 e. The predicted molar refractivity (Wildman–Crippen MR) is 77.9 cm³/mol. The van der Waals surface area contributed by atoms with Crippen molar-refractivity contribution in [1.29, 1.82) is 0 Å². The summed E-state index contributed by atoms with van der Waals surface area (Å²) in [6.45, 7) is 2.15. The maximum atomic E-state index is 6.04. The minimum Gasteiger partial charge on any atom is -0.295 e. The van der Waals surface area contributed by atoms with Gasteiger partial charge < -0.3 is 0 Å². The minimum atomic E-state index is 0.770. The monoisotopic (exact) mass is 315 g/mol. The first-order valence-electron chi connectivity index (χ1n) is 6.34. The molecular weight excluding hydrogens is 298 g/mol. The molecule has 0 atom stereocenters. The molecule has 0 saturated heterocycles. The van der Waals surface area contributed by atoms with E-state index in [0.717, 1.165) is 29.5 Å². The number of rotatable bonds is 5. The quantitative estimate of drug-likeness (QED) is 0.724. The van der Waals surface area contributed by atoms with E-state index in [0.29, 0.717) is 0 Å². The Morgan fingerprint density at radius 2 is 2.06 bits per heavy atom. The molecular formula is C14H19BrClN. The maximum absolute atomic E-state index is 6.04. The summed E-state index contributed by atoms with van der Waals surface area (Å²) < 4.78 is 0. The molecule has 3 heteroatoms. The number of benzene rings is 1. The third-order valence-corrected chi connectivity index (χ3v) is 4.08. The van der Waals surface area contributed by atoms with Gasteiger partial charge in [-0.3, -0.25) is 4.90 Å². The van der Waals surface area contributed by atoms with E-state index in [1.807, 2.05) is 12.1 Å². The standard InChI is InChI=1S/C14H19BrClN/c15-8-9-17(14-6-1-2-7-14)11-12-4-3-5-13(16)10-12/h3-5,10,14H,1-2,6-9,11H2. The third-order valence-electron chi connectivity index (χ3n) is 3.49. The molecule has 1 saturated carbocycles. The van der Waals surface area contributed by atoms with Gasteiger partial charge in [-0.15, -0.1) is 0 Å². The fraction of sp³-hybridized carbons (Fsp3) is 0.571. The van der Waals surface area contributed by atoms with Crippen molar-refractivity contribution in [2.24, 2.45) is 0 Å². The molecule has 0 bridgehead atoms. The van der Waals surface area contributed by atoms with Crippen LogP contribution in [0.4, 0.5) is 0 Å². The molecule has 1 nitrogen and oxygen atoms in total. The zero-order valence-corrected chi connectivity index (χ0v) is 12.4. The zero-order valence-electron chi connectivity index (χ0n) is 10.0. The van der Waals surface area contributed by atoms with Crippen molar-refractivity contribution in [3.05, 3.63) is 34.9 Å². The van der Waals surface area contributed by atoms with Gasteiger partial charge in [0.25, 0.3) is 0 Å². The number of hydrogen-bond donors (Lipinski definition) is 0. The molecule has 94 valence electrons. The van der Waals surface area contributed by atoms with E-state index < -0.39 is 0 Å². The Balaban J connectivity index is 2.01. The van der Waals surface area contributed by atoms with E-state index >= 15 is 0 Å². The number of alkyl halides is 1. The van der Waals surface area contributed by atoms with Gasteiger partial charge in [-0.05, 0) is 30.5 Å². The van der Waals surface area contributed by atoms with Gasteiger partial charge in [0.1, 0.15) is 0 Å². The molecule has 1 aliphatic rings. The molecule has 0 unspecified atom stereocenters. The minimum absolute atomic E-state index is 0.770. The van der Waals surface area contributed by atoms with Crippen LogP contribution in [0.5, 0.6) is 0 Å². The Kier molecular flexibility index (Phi) is 5.33. The number of hydrogen-bond acceptors (Lipinski definition) is 1. The molecule has 17 heavy (non-hydrogen) atoms. The van der Waals surface area contributed by atoms with Crippen molar-refractivity contribution in [2.45, 2.75) is 38.3 Å². The van der Waals surface area contributed by atoms with E-state index in [9.17, 15) is 0 Å². The van der Waals surface area contributed by atoms with E-state index in [1.54, 1.807) is 0 Å². The molecule has 0 amide bonds. The second-order valence-electron chi connectivity index (χ2n) is 4.73. The highest BCUT2D eigenvalue weighted by Gasteiger charge is 2.21. The van der Waals surface area contributed by atoms with Crippen LogP contribution < -0.4 is 0 Å². The molecule has 1 aromatic rings. The van der Waals surface area contributed by atoms with Gasteiger partial charge in [0, 0.05) is 29.5 Å². The highest BCUT2D eigenvalue weighted by atomic mass is 79.9. The van der Waals surface area contributed by atoms with Gasteiger partial charge in [0.15, 0.2) is 0 Å². The first-order valence-corrected chi connectivity index (χ1v) is 7.84. The van der Waals surface area contributed by atoms with E-state index in [-0.39, 0.29) is 0 Å². The average Bonchev–Trinajstić information content (AvgIpc) is 2.82. The first-order chi connectivity index (χ1) is 8.29. The Bertz CT molecular complexity index is 350. The second-order valence-corrected chi connectivity index (χ2v) is 5.96. The van der Waals surface area contributed by atoms with Crippen molar-refractivity contribution < 1.29 is 0 Å². The molecule has 1 fully saturated rings. The van der Waals surface area contributed by atoms with Gasteiger partial charge in [-0.25, -0.2) is 0 Å². The number of nitrogens with zero attached hydrogens (tertiary/aromatic N) is 1. The van der Waals surface area contributed by atoms with Crippen LogP contribution in [0.1, 0.15) is 31.2 Å². The normalized spacial score (nSPS) is 16.9. The van der Waals surface area contributed by atoms with E-state index in [2.05, 4.69) is 33.0 Å². The number of halogens is 2. The second kappa shape index (κ2) is 6.77. The maximum Gasteiger partial charge on any atom is 0.0409 e. The molecule has 0 heterocycles. The lowest BCUT2D eigenvalue weighted by molar-refractivity contribution is 0.202. The van der Waals surface area contributed by atoms with Crippen LogP contribution in [-0.4, -0.2) is 22.8 Å². The first kappa shape index (κ1) is 13.4.